The minimum absolute atomic E-state index is 0.0865. The van der Waals surface area contributed by atoms with Crippen LogP contribution in [0.1, 0.15) is 16.7 Å². The molecule has 0 fully saturated rings. The molecule has 0 saturated carbocycles. The second kappa shape index (κ2) is 5.78. The zero-order valence-electron chi connectivity index (χ0n) is 11.8. The highest BCUT2D eigenvalue weighted by molar-refractivity contribution is 6.31. The molecule has 3 nitrogen and oxygen atoms in total. The van der Waals surface area contributed by atoms with Gasteiger partial charge in [0.25, 0.3) is 0 Å². The van der Waals surface area contributed by atoms with Gasteiger partial charge < -0.3 is 10.6 Å². The van der Waals surface area contributed by atoms with Crippen LogP contribution in [-0.4, -0.2) is 18.9 Å². The Hall–Kier alpha value is -2.00. The largest absolute Gasteiger partial charge is 0.384 e. The van der Waals surface area contributed by atoms with E-state index < -0.39 is 0 Å². The molecule has 21 heavy (non-hydrogen) atoms. The number of hydrogen-bond acceptors (Lipinski definition) is 2. The SMILES string of the molecule is N=C(N)c1ccc(Cl)cc1N1CCc2ccccc2CC1. The topological polar surface area (TPSA) is 53.1 Å². The number of amidine groups is 1. The molecule has 0 aromatic heterocycles. The molecule has 0 unspecified atom stereocenters. The number of nitrogens with zero attached hydrogens (tertiary/aromatic N) is 1. The van der Waals surface area contributed by atoms with Crippen LogP contribution in [0.2, 0.25) is 5.02 Å². The minimum Gasteiger partial charge on any atom is -0.384 e. The van der Waals surface area contributed by atoms with Crippen molar-refractivity contribution in [2.75, 3.05) is 18.0 Å². The standard InChI is InChI=1S/C17H18ClN3/c18-14-5-6-15(17(19)20)16(11-14)21-9-7-12-3-1-2-4-13(12)8-10-21/h1-6,11H,7-10H2,(H3,19,20). The van der Waals surface area contributed by atoms with Gasteiger partial charge in [-0.2, -0.15) is 0 Å². The van der Waals surface area contributed by atoms with Gasteiger partial charge in [-0.25, -0.2) is 0 Å². The van der Waals surface area contributed by atoms with Crippen LogP contribution in [0.15, 0.2) is 42.5 Å². The molecule has 3 rings (SSSR count). The summed E-state index contributed by atoms with van der Waals surface area (Å²) < 4.78 is 0. The van der Waals surface area contributed by atoms with E-state index in [1.54, 1.807) is 6.07 Å². The Morgan fingerprint density at radius 2 is 1.67 bits per heavy atom. The van der Waals surface area contributed by atoms with Gasteiger partial charge in [0.05, 0.1) is 0 Å². The van der Waals surface area contributed by atoms with E-state index in [-0.39, 0.29) is 5.84 Å². The molecule has 0 amide bonds. The summed E-state index contributed by atoms with van der Waals surface area (Å²) in [5.41, 5.74) is 10.2. The summed E-state index contributed by atoms with van der Waals surface area (Å²) in [6.07, 6.45) is 2.00. The molecule has 1 aliphatic heterocycles. The Kier molecular flexibility index (Phi) is 3.84. The van der Waals surface area contributed by atoms with Crippen LogP contribution in [-0.2, 0) is 12.8 Å². The van der Waals surface area contributed by atoms with Gasteiger partial charge in [0.1, 0.15) is 5.84 Å². The number of nitrogens with two attached hydrogens (primary N) is 1. The molecule has 4 heteroatoms. The number of benzene rings is 2. The van der Waals surface area contributed by atoms with Crippen LogP contribution < -0.4 is 10.6 Å². The maximum atomic E-state index is 7.76. The van der Waals surface area contributed by atoms with E-state index in [0.717, 1.165) is 37.2 Å². The monoisotopic (exact) mass is 299 g/mol. The quantitative estimate of drug-likeness (QED) is 0.661. The zero-order chi connectivity index (χ0) is 14.8. The normalized spacial score (nSPS) is 14.4. The van der Waals surface area contributed by atoms with Crippen LogP contribution in [0.4, 0.5) is 5.69 Å². The molecule has 1 aliphatic rings. The average molecular weight is 300 g/mol. The summed E-state index contributed by atoms with van der Waals surface area (Å²) in [5, 5.41) is 8.43. The third-order valence-corrected chi connectivity index (χ3v) is 4.25. The number of nitrogen functional groups attached to an aromatic ring is 1. The summed E-state index contributed by atoms with van der Waals surface area (Å²) in [7, 11) is 0. The first-order valence-electron chi connectivity index (χ1n) is 7.11. The van der Waals surface area contributed by atoms with Gasteiger partial charge in [-0.05, 0) is 42.2 Å². The lowest BCUT2D eigenvalue weighted by atomic mass is 10.0. The number of fused-ring (bicyclic) bond motifs is 1. The molecule has 2 aromatic rings. The third-order valence-electron chi connectivity index (χ3n) is 4.01. The van der Waals surface area contributed by atoms with E-state index in [1.165, 1.54) is 11.1 Å². The molecular formula is C17H18ClN3. The smallest absolute Gasteiger partial charge is 0.124 e. The fourth-order valence-corrected chi connectivity index (χ4v) is 3.07. The van der Waals surface area contributed by atoms with Gasteiger partial charge in [-0.1, -0.05) is 35.9 Å². The summed E-state index contributed by atoms with van der Waals surface area (Å²) in [4.78, 5) is 2.28. The Balaban J connectivity index is 1.93. The van der Waals surface area contributed by atoms with Crippen molar-refractivity contribution in [3.63, 3.8) is 0 Å². The molecule has 0 aliphatic carbocycles. The van der Waals surface area contributed by atoms with Crippen molar-refractivity contribution in [3.8, 4) is 0 Å². The highest BCUT2D eigenvalue weighted by Gasteiger charge is 2.17. The predicted molar refractivity (Wildman–Crippen MR) is 88.5 cm³/mol. The zero-order valence-corrected chi connectivity index (χ0v) is 12.5. The van der Waals surface area contributed by atoms with E-state index in [9.17, 15) is 0 Å². The van der Waals surface area contributed by atoms with E-state index in [4.69, 9.17) is 22.7 Å². The van der Waals surface area contributed by atoms with Crippen molar-refractivity contribution in [2.24, 2.45) is 5.73 Å². The highest BCUT2D eigenvalue weighted by atomic mass is 35.5. The van der Waals surface area contributed by atoms with Gasteiger partial charge in [-0.3, -0.25) is 5.41 Å². The van der Waals surface area contributed by atoms with Crippen molar-refractivity contribution in [3.05, 3.63) is 64.2 Å². The maximum Gasteiger partial charge on any atom is 0.124 e. The molecule has 108 valence electrons. The van der Waals surface area contributed by atoms with E-state index in [2.05, 4.69) is 29.2 Å². The van der Waals surface area contributed by atoms with Gasteiger partial charge in [0, 0.05) is 29.4 Å². The first-order chi connectivity index (χ1) is 10.1. The Morgan fingerprint density at radius 3 is 2.24 bits per heavy atom. The van der Waals surface area contributed by atoms with Crippen molar-refractivity contribution in [1.29, 1.82) is 5.41 Å². The lowest BCUT2D eigenvalue weighted by molar-refractivity contribution is 0.805. The number of hydrogen-bond donors (Lipinski definition) is 2. The van der Waals surface area contributed by atoms with Crippen LogP contribution in [0.3, 0.4) is 0 Å². The molecule has 0 atom stereocenters. The molecule has 0 spiro atoms. The molecule has 3 N–H and O–H groups in total. The molecule has 2 aromatic carbocycles. The number of nitrogens with one attached hydrogen (secondary N) is 1. The van der Waals surface area contributed by atoms with Crippen LogP contribution >= 0.6 is 11.6 Å². The third kappa shape index (κ3) is 2.88. The number of rotatable bonds is 2. The van der Waals surface area contributed by atoms with Crippen molar-refractivity contribution < 1.29 is 0 Å². The fraction of sp³-hybridized carbons (Fsp3) is 0.235. The Morgan fingerprint density at radius 1 is 1.05 bits per heavy atom. The lowest BCUT2D eigenvalue weighted by Crippen LogP contribution is -2.28. The molecule has 0 bridgehead atoms. The van der Waals surface area contributed by atoms with E-state index in [1.807, 2.05) is 12.1 Å². The first-order valence-corrected chi connectivity index (χ1v) is 7.48. The summed E-state index contributed by atoms with van der Waals surface area (Å²) in [5.74, 6) is 0.0865. The molecule has 0 saturated heterocycles. The number of halogens is 1. The second-order valence-corrected chi connectivity index (χ2v) is 5.77. The average Bonchev–Trinajstić information content (AvgIpc) is 2.69. The van der Waals surface area contributed by atoms with Gasteiger partial charge >= 0.3 is 0 Å². The fourth-order valence-electron chi connectivity index (χ4n) is 2.90. The summed E-state index contributed by atoms with van der Waals surface area (Å²) in [6.45, 7) is 1.83. The van der Waals surface area contributed by atoms with Crippen molar-refractivity contribution >= 4 is 23.1 Å². The van der Waals surface area contributed by atoms with E-state index >= 15 is 0 Å². The van der Waals surface area contributed by atoms with Crippen LogP contribution in [0.25, 0.3) is 0 Å². The van der Waals surface area contributed by atoms with Crippen molar-refractivity contribution in [1.82, 2.24) is 0 Å². The predicted octanol–water partition coefficient (Wildman–Crippen LogP) is 3.23. The minimum atomic E-state index is 0.0865. The summed E-state index contributed by atoms with van der Waals surface area (Å²) >= 11 is 6.13. The van der Waals surface area contributed by atoms with Gasteiger partial charge in [0.2, 0.25) is 0 Å². The molecular weight excluding hydrogens is 282 g/mol. The maximum absolute atomic E-state index is 7.76. The first kappa shape index (κ1) is 14.0. The lowest BCUT2D eigenvalue weighted by Gasteiger charge is -2.25. The van der Waals surface area contributed by atoms with Gasteiger partial charge in [-0.15, -0.1) is 0 Å². The Labute approximate surface area is 129 Å². The highest BCUT2D eigenvalue weighted by Crippen LogP contribution is 2.27. The summed E-state index contributed by atoms with van der Waals surface area (Å²) in [6, 6.07) is 14.1. The molecule has 0 radical (unpaired) electrons. The van der Waals surface area contributed by atoms with Crippen LogP contribution in [0.5, 0.6) is 0 Å². The van der Waals surface area contributed by atoms with Gasteiger partial charge in [0.15, 0.2) is 0 Å². The van der Waals surface area contributed by atoms with Crippen molar-refractivity contribution in [2.45, 2.75) is 12.8 Å². The number of anilines is 1. The Bertz CT molecular complexity index is 654. The molecule has 1 heterocycles. The second-order valence-electron chi connectivity index (χ2n) is 5.33. The van der Waals surface area contributed by atoms with Crippen LogP contribution in [0, 0.1) is 5.41 Å². The van der Waals surface area contributed by atoms with E-state index in [0.29, 0.717) is 5.02 Å².